The molecular weight excluding hydrogens is 260 g/mol. The Morgan fingerprint density at radius 1 is 1.20 bits per heavy atom. The Kier molecular flexibility index (Phi) is 7.61. The summed E-state index contributed by atoms with van der Waals surface area (Å²) in [6.45, 7) is 0. The highest BCUT2D eigenvalue weighted by Crippen LogP contribution is 2.19. The molecule has 0 aromatic rings. The number of thiol groups is 3. The lowest BCUT2D eigenvalue weighted by molar-refractivity contribution is 0.200. The molecule has 15 heavy (non-hydrogen) atoms. The zero-order valence-corrected chi connectivity index (χ0v) is 10.4. The van der Waals surface area contributed by atoms with Gasteiger partial charge in [-0.25, -0.2) is 9.59 Å². The molecule has 0 saturated carbocycles. The Labute approximate surface area is 101 Å². The van der Waals surface area contributed by atoms with Crippen LogP contribution >= 0.6 is 36.5 Å². The first kappa shape index (κ1) is 14.6. The van der Waals surface area contributed by atoms with Crippen molar-refractivity contribution in [1.82, 2.24) is 9.44 Å². The quantitative estimate of drug-likeness (QED) is 0.293. The van der Waals surface area contributed by atoms with Crippen molar-refractivity contribution < 1.29 is 19.8 Å². The lowest BCUT2D eigenvalue weighted by Gasteiger charge is -2.20. The van der Waals surface area contributed by atoms with Gasteiger partial charge < -0.3 is 10.2 Å². The molecule has 0 fully saturated rings. The Bertz CT molecular complexity index is 210. The van der Waals surface area contributed by atoms with Crippen molar-refractivity contribution >= 4 is 48.7 Å². The first-order valence-corrected chi connectivity index (χ1v) is 6.60. The van der Waals surface area contributed by atoms with Gasteiger partial charge in [-0.05, 0) is 12.8 Å². The summed E-state index contributed by atoms with van der Waals surface area (Å²) in [5.74, 6) is 0.436. The summed E-state index contributed by atoms with van der Waals surface area (Å²) in [6.07, 6.45) is -1.12. The van der Waals surface area contributed by atoms with Gasteiger partial charge in [0.15, 0.2) is 0 Å². The highest BCUT2D eigenvalue weighted by Gasteiger charge is 2.09. The summed E-state index contributed by atoms with van der Waals surface area (Å²) >= 11 is 6.64. The maximum absolute atomic E-state index is 10.3. The van der Waals surface area contributed by atoms with Gasteiger partial charge in [0, 0.05) is 10.3 Å². The summed E-state index contributed by atoms with van der Waals surface area (Å²) in [7, 11) is 0. The fraction of sp³-hybridized carbons (Fsp3) is 0.667. The third-order valence-electron chi connectivity index (χ3n) is 1.31. The molecule has 0 saturated heterocycles. The second kappa shape index (κ2) is 7.83. The number of nitrogens with one attached hydrogen (secondary N) is 2. The SMILES string of the molecule is O=C(O)N[SH](CCCC(S)S)NC(=O)O. The van der Waals surface area contributed by atoms with Gasteiger partial charge in [0.05, 0.1) is 0 Å². The van der Waals surface area contributed by atoms with Gasteiger partial charge in [0.25, 0.3) is 0 Å². The van der Waals surface area contributed by atoms with Gasteiger partial charge in [0.1, 0.15) is 0 Å². The first-order chi connectivity index (χ1) is 6.91. The first-order valence-electron chi connectivity index (χ1n) is 4.04. The lowest BCUT2D eigenvalue weighted by Crippen LogP contribution is -2.31. The predicted molar refractivity (Wildman–Crippen MR) is 67.2 cm³/mol. The minimum Gasteiger partial charge on any atom is -0.464 e. The van der Waals surface area contributed by atoms with E-state index in [1.807, 2.05) is 0 Å². The molecule has 4 N–H and O–H groups in total. The molecule has 0 spiro atoms. The van der Waals surface area contributed by atoms with Crippen molar-refractivity contribution in [2.75, 3.05) is 5.75 Å². The molecule has 0 unspecified atom stereocenters. The summed E-state index contributed by atoms with van der Waals surface area (Å²) in [6, 6.07) is 0. The molecule has 0 rings (SSSR count). The Hall–Kier alpha value is -0.410. The third-order valence-corrected chi connectivity index (χ3v) is 3.51. The lowest BCUT2D eigenvalue weighted by atomic mass is 10.4. The molecule has 0 aliphatic heterocycles. The Balaban J connectivity index is 3.89. The van der Waals surface area contributed by atoms with E-state index in [2.05, 4.69) is 34.7 Å². The van der Waals surface area contributed by atoms with Gasteiger partial charge in [-0.15, -0.1) is 0 Å². The minimum absolute atomic E-state index is 0.0727. The van der Waals surface area contributed by atoms with Crippen molar-refractivity contribution in [2.45, 2.75) is 17.4 Å². The molecule has 2 amide bonds. The van der Waals surface area contributed by atoms with Crippen LogP contribution in [0.1, 0.15) is 12.8 Å². The van der Waals surface area contributed by atoms with Crippen LogP contribution in [0.2, 0.25) is 0 Å². The minimum atomic E-state index is -1.44. The highest BCUT2D eigenvalue weighted by molar-refractivity contribution is 8.14. The fourth-order valence-electron chi connectivity index (χ4n) is 0.803. The van der Waals surface area contributed by atoms with E-state index in [1.165, 1.54) is 0 Å². The van der Waals surface area contributed by atoms with Crippen molar-refractivity contribution in [3.63, 3.8) is 0 Å². The number of carbonyl (C=O) groups is 2. The van der Waals surface area contributed by atoms with Gasteiger partial charge in [-0.3, -0.25) is 9.44 Å². The van der Waals surface area contributed by atoms with E-state index in [0.717, 1.165) is 0 Å². The monoisotopic (exact) mass is 274 g/mol. The van der Waals surface area contributed by atoms with Gasteiger partial charge in [0.2, 0.25) is 0 Å². The molecule has 0 aromatic carbocycles. The molecule has 6 nitrogen and oxygen atoms in total. The summed E-state index contributed by atoms with van der Waals surface area (Å²) in [5, 5.41) is 16.9. The van der Waals surface area contributed by atoms with Gasteiger partial charge in [-0.2, -0.15) is 25.3 Å². The topological polar surface area (TPSA) is 98.7 Å². The normalized spacial score (nSPS) is 11.0. The van der Waals surface area contributed by atoms with Crippen molar-refractivity contribution in [1.29, 1.82) is 0 Å². The number of carboxylic acid groups (broad SMARTS) is 2. The van der Waals surface area contributed by atoms with Crippen molar-refractivity contribution in [3.05, 3.63) is 0 Å². The maximum atomic E-state index is 10.3. The predicted octanol–water partition coefficient (Wildman–Crippen LogP) is 1.32. The molecule has 9 heteroatoms. The molecule has 0 aliphatic rings. The van der Waals surface area contributed by atoms with E-state index >= 15 is 0 Å². The maximum Gasteiger partial charge on any atom is 0.414 e. The van der Waals surface area contributed by atoms with E-state index in [4.69, 9.17) is 10.2 Å². The van der Waals surface area contributed by atoms with Crippen LogP contribution in [0.4, 0.5) is 9.59 Å². The van der Waals surface area contributed by atoms with E-state index in [1.54, 1.807) is 0 Å². The molecule has 0 atom stereocenters. The fourth-order valence-corrected chi connectivity index (χ4v) is 2.41. The van der Waals surface area contributed by atoms with E-state index in [9.17, 15) is 9.59 Å². The zero-order chi connectivity index (χ0) is 11.8. The smallest absolute Gasteiger partial charge is 0.414 e. The average Bonchev–Trinajstić information content (AvgIpc) is 2.00. The number of hydrogen-bond acceptors (Lipinski definition) is 4. The standard InChI is InChI=1S/C6H14N2O4S3/c9-5(10)7-15(8-6(11)12)3-1-2-4(13)14/h4,7-8,13-15H,1-3H2,(H,9,10)(H,11,12). The third kappa shape index (κ3) is 9.88. The average molecular weight is 274 g/mol. The van der Waals surface area contributed by atoms with Crippen LogP contribution in [0.15, 0.2) is 0 Å². The zero-order valence-electron chi connectivity index (χ0n) is 7.75. The van der Waals surface area contributed by atoms with Crippen LogP contribution < -0.4 is 9.44 Å². The molecule has 0 radical (unpaired) electrons. The molecular formula is C6H14N2O4S3. The Morgan fingerprint density at radius 3 is 2.00 bits per heavy atom. The molecule has 90 valence electrons. The number of rotatable bonds is 6. The van der Waals surface area contributed by atoms with Crippen LogP contribution in [0.5, 0.6) is 0 Å². The summed E-state index contributed by atoms with van der Waals surface area (Å²) in [4.78, 5) is 20.7. The van der Waals surface area contributed by atoms with Crippen molar-refractivity contribution in [2.24, 2.45) is 0 Å². The van der Waals surface area contributed by atoms with Crippen LogP contribution in [-0.2, 0) is 0 Å². The largest absolute Gasteiger partial charge is 0.464 e. The molecule has 0 aromatic heterocycles. The Morgan fingerprint density at radius 2 is 1.67 bits per heavy atom. The van der Waals surface area contributed by atoms with Crippen LogP contribution in [0.3, 0.4) is 0 Å². The van der Waals surface area contributed by atoms with Gasteiger partial charge in [-0.1, -0.05) is 11.3 Å². The second-order valence-electron chi connectivity index (χ2n) is 2.61. The molecule has 0 heterocycles. The second-order valence-corrected chi connectivity index (χ2v) is 6.01. The van der Waals surface area contributed by atoms with E-state index in [-0.39, 0.29) is 4.58 Å². The summed E-state index contributed by atoms with van der Waals surface area (Å²) in [5.41, 5.74) is 0. The van der Waals surface area contributed by atoms with E-state index < -0.39 is 23.5 Å². The number of hydrogen-bond donors (Lipinski definition) is 7. The van der Waals surface area contributed by atoms with E-state index in [0.29, 0.717) is 18.6 Å². The summed E-state index contributed by atoms with van der Waals surface area (Å²) < 4.78 is 4.18. The van der Waals surface area contributed by atoms with Crippen LogP contribution in [0, 0.1) is 0 Å². The molecule has 0 aliphatic carbocycles. The van der Waals surface area contributed by atoms with Crippen molar-refractivity contribution in [3.8, 4) is 0 Å². The van der Waals surface area contributed by atoms with Crippen LogP contribution in [0.25, 0.3) is 0 Å². The van der Waals surface area contributed by atoms with Crippen LogP contribution in [-0.4, -0.2) is 32.7 Å². The van der Waals surface area contributed by atoms with Gasteiger partial charge >= 0.3 is 12.2 Å². The molecule has 0 bridgehead atoms. The highest BCUT2D eigenvalue weighted by atomic mass is 32.2. The number of amides is 2.